The normalized spacial score (nSPS) is 44.3. The monoisotopic (exact) mass is 709 g/mol. The van der Waals surface area contributed by atoms with Gasteiger partial charge in [0.2, 0.25) is 0 Å². The van der Waals surface area contributed by atoms with E-state index in [1.165, 1.54) is 19.0 Å². The second-order valence-corrected chi connectivity index (χ2v) is 17.4. The maximum atomic E-state index is 13.8. The number of rotatable bonds is 2. The van der Waals surface area contributed by atoms with Gasteiger partial charge in [0.25, 0.3) is 5.56 Å². The van der Waals surface area contributed by atoms with Gasteiger partial charge in [-0.15, -0.1) is 0 Å². The first-order chi connectivity index (χ1) is 22.3. The highest BCUT2D eigenvalue weighted by Gasteiger charge is 2.76. The summed E-state index contributed by atoms with van der Waals surface area (Å²) in [5, 5.41) is 23.2. The fourth-order valence-corrected chi connectivity index (χ4v) is 11.0. The van der Waals surface area contributed by atoms with Crippen molar-refractivity contribution < 1.29 is 42.3 Å². The Hall–Kier alpha value is -2.77. The molecule has 4 aromatic rings. The number of imidazole rings is 2. The van der Waals surface area contributed by atoms with E-state index in [0.717, 1.165) is 0 Å². The van der Waals surface area contributed by atoms with Crippen molar-refractivity contribution in [1.82, 2.24) is 39.0 Å². The molecule has 12 atom stereocenters. The van der Waals surface area contributed by atoms with E-state index >= 15 is 0 Å². The molecule has 1 aliphatic heterocycles. The molecule has 4 aliphatic carbocycles. The van der Waals surface area contributed by atoms with Crippen LogP contribution in [-0.2, 0) is 27.2 Å². The van der Waals surface area contributed by atoms with Gasteiger partial charge in [-0.3, -0.25) is 18.4 Å². The Bertz CT molecular complexity index is 2150. The molecule has 0 amide bonds. The van der Waals surface area contributed by atoms with Crippen molar-refractivity contribution in [2.24, 2.45) is 22.7 Å². The number of hydrogen-bond donors (Lipinski definition) is 6. The Labute approximate surface area is 269 Å². The Morgan fingerprint density at radius 1 is 0.979 bits per heavy atom. The highest BCUT2D eigenvalue weighted by Crippen LogP contribution is 2.75. The first-order valence-corrected chi connectivity index (χ1v) is 19.0. The lowest BCUT2D eigenvalue weighted by molar-refractivity contribution is -0.0321. The molecule has 5 fully saturated rings. The number of phosphoric ester groups is 1. The summed E-state index contributed by atoms with van der Waals surface area (Å²) in [5.74, 6) is -0.362. The number of nitrogens with two attached hydrogens (primary N) is 1. The predicted molar refractivity (Wildman–Crippen MR) is 162 cm³/mol. The van der Waals surface area contributed by atoms with Crippen LogP contribution in [-0.4, -0.2) is 91.8 Å². The van der Waals surface area contributed by atoms with Crippen LogP contribution < -0.4 is 11.3 Å². The Kier molecular flexibility index (Phi) is 6.24. The van der Waals surface area contributed by atoms with Crippen LogP contribution in [0.2, 0.25) is 0 Å². The number of hydrogen-bond acceptors (Lipinski definition) is 15. The molecule has 0 radical (unpaired) electrons. The van der Waals surface area contributed by atoms with E-state index in [-0.39, 0.29) is 23.6 Å². The minimum Gasteiger partial charge on any atom is -0.390 e. The van der Waals surface area contributed by atoms with E-state index in [1.54, 1.807) is 16.1 Å². The molecule has 1 saturated heterocycles. The number of aryl methyl sites for hydroxylation is 1. The molecule has 2 spiro atoms. The molecule has 22 heteroatoms. The van der Waals surface area contributed by atoms with Gasteiger partial charge in [0.1, 0.15) is 36.0 Å². The van der Waals surface area contributed by atoms with E-state index < -0.39 is 86.0 Å². The number of H-pyrrole nitrogens is 1. The van der Waals surface area contributed by atoms with E-state index in [9.17, 15) is 29.0 Å². The van der Waals surface area contributed by atoms with Crippen LogP contribution in [0.25, 0.3) is 22.3 Å². The number of nitrogen functional groups attached to an aromatic ring is 1. The number of aromatic nitrogens is 8. The van der Waals surface area contributed by atoms with E-state index in [4.69, 9.17) is 23.8 Å². The molecule has 4 unspecified atom stereocenters. The molecule has 4 aromatic heterocycles. The number of nitrogens with one attached hydrogen (secondary N) is 1. The molecule has 19 nitrogen and oxygen atoms in total. The summed E-state index contributed by atoms with van der Waals surface area (Å²) >= 11 is 4.25. The highest BCUT2D eigenvalue weighted by molar-refractivity contribution is 8.44. The summed E-state index contributed by atoms with van der Waals surface area (Å²) in [4.78, 5) is 47.4. The highest BCUT2D eigenvalue weighted by atomic mass is 32.7. The molecule has 47 heavy (non-hydrogen) atoms. The Balaban J connectivity index is 1.09. The molecule has 4 saturated carbocycles. The molecule has 9 rings (SSSR count). The first kappa shape index (κ1) is 30.3. The van der Waals surface area contributed by atoms with Gasteiger partial charge in [0, 0.05) is 10.8 Å². The number of aliphatic hydroxyl groups is 2. The third kappa shape index (κ3) is 4.27. The summed E-state index contributed by atoms with van der Waals surface area (Å²) in [6, 6.07) is -1.54. The number of nitrogens with zero attached hydrogens (tertiary/aromatic N) is 7. The number of fused-ring (bicyclic) bond motifs is 3. The van der Waals surface area contributed by atoms with E-state index in [1.807, 2.05) is 0 Å². The standard InChI is InChI=1S/C25H29N9O10P2S/c1-9-31-22-13(23(37)32-9)30-8-34(22)15-11-2-24(11)4-42-46(40,47)44-19-16(35)14(33-7-29-12-20(26)27-6-28-21(12)33)10-3-25(10,19)5-41-45(38,39)43-17(15)18(24)36/h6-8,10-11,14-19,35-36H,2-5H2,1H3,(H,38,39)(H,40,47)(H2,26,27,28)(H,31,32,37)/t10-,11-,14-,15-,16+,17+,18+,19+,24?,25?,46?/m1/s1. The van der Waals surface area contributed by atoms with Crippen LogP contribution in [0.15, 0.2) is 23.8 Å². The molecular weight excluding hydrogens is 680 g/mol. The van der Waals surface area contributed by atoms with Crippen LogP contribution >= 0.6 is 26.9 Å². The van der Waals surface area contributed by atoms with E-state index in [0.29, 0.717) is 29.8 Å². The Morgan fingerprint density at radius 2 is 1.66 bits per heavy atom. The van der Waals surface area contributed by atoms with Gasteiger partial charge >= 0.3 is 14.6 Å². The number of phosphoric acid groups is 1. The number of anilines is 1. The lowest BCUT2D eigenvalue weighted by Crippen LogP contribution is -2.38. The SMILES string of the molecule is Cc1nc2c(ncn2[C@H]2[C@@H]3OP(=O)(O)OCC45C[C@@H]4[C@@H](n4cnc6c(N)ncnc64)[C@H](O)[C@@H]5OP(=O)(S)OCC4(C[C@H]24)[C@H]3O)c(=O)[nH]1. The third-order valence-corrected chi connectivity index (χ3v) is 13.3. The van der Waals surface area contributed by atoms with Crippen molar-refractivity contribution >= 4 is 55.0 Å². The largest absolute Gasteiger partial charge is 0.472 e. The molecule has 0 aromatic carbocycles. The summed E-state index contributed by atoms with van der Waals surface area (Å²) in [6.07, 6.45) is -0.451. The minimum absolute atomic E-state index is 0.0448. The van der Waals surface area contributed by atoms with Gasteiger partial charge in [-0.05, 0) is 31.6 Å². The summed E-state index contributed by atoms with van der Waals surface area (Å²) < 4.78 is 53.7. The molecule has 5 heterocycles. The quantitative estimate of drug-likeness (QED) is 0.123. The van der Waals surface area contributed by atoms with Crippen molar-refractivity contribution in [3.63, 3.8) is 0 Å². The average Bonchev–Trinajstić information content (AvgIpc) is 3.71. The van der Waals surface area contributed by atoms with Gasteiger partial charge in [0.05, 0.1) is 44.1 Å². The topological polar surface area (TPSA) is 265 Å². The van der Waals surface area contributed by atoms with Crippen molar-refractivity contribution in [3.8, 4) is 0 Å². The van der Waals surface area contributed by atoms with Crippen LogP contribution in [0, 0.1) is 29.6 Å². The summed E-state index contributed by atoms with van der Waals surface area (Å²) in [6.45, 7) is -3.37. The fourth-order valence-electron chi connectivity index (χ4n) is 8.39. The van der Waals surface area contributed by atoms with Gasteiger partial charge in [-0.25, -0.2) is 34.0 Å². The van der Waals surface area contributed by atoms with Crippen molar-refractivity contribution in [3.05, 3.63) is 35.2 Å². The number of aromatic amines is 1. The van der Waals surface area contributed by atoms with Gasteiger partial charge < -0.3 is 39.5 Å². The maximum Gasteiger partial charge on any atom is 0.472 e. The van der Waals surface area contributed by atoms with Crippen molar-refractivity contribution in [2.75, 3.05) is 18.9 Å². The maximum absolute atomic E-state index is 13.8. The van der Waals surface area contributed by atoms with Gasteiger partial charge in [-0.2, -0.15) is 0 Å². The van der Waals surface area contributed by atoms with Crippen molar-refractivity contribution in [1.29, 1.82) is 0 Å². The lowest BCUT2D eigenvalue weighted by atomic mass is 10.0. The van der Waals surface area contributed by atoms with E-state index in [2.05, 4.69) is 42.2 Å². The zero-order valence-corrected chi connectivity index (χ0v) is 27.1. The average molecular weight is 710 g/mol. The first-order valence-electron chi connectivity index (χ1n) is 14.8. The van der Waals surface area contributed by atoms with Gasteiger partial charge in [-0.1, -0.05) is 12.2 Å². The Morgan fingerprint density at radius 3 is 2.45 bits per heavy atom. The van der Waals surface area contributed by atoms with Gasteiger partial charge in [0.15, 0.2) is 22.6 Å². The fraction of sp³-hybridized carbons (Fsp3) is 0.600. The van der Waals surface area contributed by atoms with Crippen LogP contribution in [0.1, 0.15) is 30.7 Å². The second kappa shape index (κ2) is 9.68. The smallest absolute Gasteiger partial charge is 0.390 e. The number of aliphatic hydroxyl groups excluding tert-OH is 2. The third-order valence-electron chi connectivity index (χ3n) is 10.7. The predicted octanol–water partition coefficient (Wildman–Crippen LogP) is 0.649. The number of thiol groups is 1. The lowest BCUT2D eigenvalue weighted by Gasteiger charge is -2.30. The molecular formula is C25H29N9O10P2S. The van der Waals surface area contributed by atoms with Crippen LogP contribution in [0.3, 0.4) is 0 Å². The second-order valence-electron chi connectivity index (χ2n) is 13.1. The molecule has 5 aliphatic rings. The van der Waals surface area contributed by atoms with Crippen molar-refractivity contribution in [2.45, 2.75) is 56.3 Å². The van der Waals surface area contributed by atoms with Crippen LogP contribution in [0.5, 0.6) is 0 Å². The summed E-state index contributed by atoms with van der Waals surface area (Å²) in [7, 11) is -4.91. The molecule has 2 bridgehead atoms. The zero-order chi connectivity index (χ0) is 32.8. The zero-order valence-electron chi connectivity index (χ0n) is 24.4. The minimum atomic E-state index is -4.91. The molecule has 250 valence electrons. The summed E-state index contributed by atoms with van der Waals surface area (Å²) in [5.41, 5.74) is 4.25. The molecule has 6 N–H and O–H groups in total. The van der Waals surface area contributed by atoms with Crippen LogP contribution in [0.4, 0.5) is 5.82 Å².